The molecule has 222 valence electrons. The molecule has 10 heteroatoms. The molecule has 3 aliphatic heterocycles. The minimum Gasteiger partial charge on any atom is -0.460 e. The number of morpholine rings is 1. The highest BCUT2D eigenvalue weighted by Crippen LogP contribution is 2.33. The van der Waals surface area contributed by atoms with Gasteiger partial charge in [0.1, 0.15) is 11.6 Å². The van der Waals surface area contributed by atoms with Gasteiger partial charge in [-0.05, 0) is 57.6 Å². The maximum absolute atomic E-state index is 13.1. The van der Waals surface area contributed by atoms with Crippen LogP contribution in [0.15, 0.2) is 23.2 Å². The van der Waals surface area contributed by atoms with E-state index in [1.807, 2.05) is 37.8 Å². The number of thioether (sulfide) groups is 1. The summed E-state index contributed by atoms with van der Waals surface area (Å²) in [4.78, 5) is 34.0. The summed E-state index contributed by atoms with van der Waals surface area (Å²) in [5.74, 6) is 0.665. The van der Waals surface area contributed by atoms with Crippen molar-refractivity contribution in [3.63, 3.8) is 0 Å². The van der Waals surface area contributed by atoms with Gasteiger partial charge in [-0.15, -0.1) is 11.8 Å². The molecular weight excluding hydrogens is 550 g/mol. The predicted octanol–water partition coefficient (Wildman–Crippen LogP) is 4.75. The molecule has 1 atom stereocenters. The zero-order valence-corrected chi connectivity index (χ0v) is 26.0. The lowest BCUT2D eigenvalue weighted by atomic mass is 9.89. The molecule has 1 amide bonds. The summed E-state index contributed by atoms with van der Waals surface area (Å²) in [6.45, 7) is 13.0. The minimum absolute atomic E-state index is 0.151. The first kappa shape index (κ1) is 31.3. The van der Waals surface area contributed by atoms with Crippen molar-refractivity contribution >= 4 is 40.3 Å². The number of rotatable bonds is 10. The Bertz CT molecular complexity index is 1070. The number of piperidine rings is 1. The first-order valence-electron chi connectivity index (χ1n) is 14.5. The molecule has 2 saturated heterocycles. The summed E-state index contributed by atoms with van der Waals surface area (Å²) in [6.07, 6.45) is 3.61. The van der Waals surface area contributed by atoms with Crippen LogP contribution in [0, 0.1) is 0 Å². The van der Waals surface area contributed by atoms with Gasteiger partial charge in [0.05, 0.1) is 36.9 Å². The fourth-order valence-corrected chi connectivity index (χ4v) is 6.68. The normalized spacial score (nSPS) is 21.5. The molecule has 8 nitrogen and oxygen atoms in total. The fourth-order valence-electron chi connectivity index (χ4n) is 5.43. The van der Waals surface area contributed by atoms with Gasteiger partial charge in [0, 0.05) is 43.5 Å². The number of benzene rings is 1. The van der Waals surface area contributed by atoms with E-state index in [9.17, 15) is 9.59 Å². The molecule has 0 radical (unpaired) electrons. The van der Waals surface area contributed by atoms with Gasteiger partial charge in [0.15, 0.2) is 0 Å². The molecule has 0 bridgehead atoms. The zero-order valence-electron chi connectivity index (χ0n) is 24.4. The van der Waals surface area contributed by atoms with Crippen molar-refractivity contribution in [3.05, 3.63) is 34.3 Å². The molecule has 3 aliphatic rings. The van der Waals surface area contributed by atoms with E-state index in [1.54, 1.807) is 11.8 Å². The monoisotopic (exact) mass is 593 g/mol. The summed E-state index contributed by atoms with van der Waals surface area (Å²) in [5.41, 5.74) is 1.41. The zero-order chi connectivity index (χ0) is 28.8. The van der Waals surface area contributed by atoms with Gasteiger partial charge in [-0.1, -0.05) is 36.7 Å². The highest BCUT2D eigenvalue weighted by molar-refractivity contribution is 8.14. The third kappa shape index (κ3) is 8.68. The van der Waals surface area contributed by atoms with Crippen molar-refractivity contribution in [3.8, 4) is 0 Å². The Labute approximate surface area is 248 Å². The molecule has 1 unspecified atom stereocenters. The van der Waals surface area contributed by atoms with Crippen LogP contribution in [-0.4, -0.2) is 95.7 Å². The van der Waals surface area contributed by atoms with E-state index in [-0.39, 0.29) is 29.9 Å². The average molecular weight is 594 g/mol. The van der Waals surface area contributed by atoms with Crippen molar-refractivity contribution in [2.75, 3.05) is 51.8 Å². The topological polar surface area (TPSA) is 80.7 Å². The Balaban J connectivity index is 1.22. The standard InChI is InChI=1S/C30H44ClN3O5S/c1-5-25-32-24(20-40-25)28(36)34-15-18-38-30(21-34)11-13-33(14-12-30)19-23-8-6-7-22(27(23)31)9-16-37-17-10-26(35)39-29(2,3)4/h6-8,24H,5,9-21H2,1-4H3. The quantitative estimate of drug-likeness (QED) is 0.286. The average Bonchev–Trinajstić information content (AvgIpc) is 3.40. The van der Waals surface area contributed by atoms with Gasteiger partial charge in [-0.3, -0.25) is 19.5 Å². The predicted molar refractivity (Wildman–Crippen MR) is 160 cm³/mol. The van der Waals surface area contributed by atoms with Gasteiger partial charge in [-0.25, -0.2) is 0 Å². The van der Waals surface area contributed by atoms with Crippen molar-refractivity contribution in [2.45, 2.75) is 83.6 Å². The van der Waals surface area contributed by atoms with E-state index in [0.717, 1.165) is 65.8 Å². The third-order valence-corrected chi connectivity index (χ3v) is 9.26. The second kappa shape index (κ2) is 14.0. The number of hydrogen-bond donors (Lipinski definition) is 0. The van der Waals surface area contributed by atoms with Gasteiger partial charge >= 0.3 is 5.97 Å². The largest absolute Gasteiger partial charge is 0.460 e. The second-order valence-electron chi connectivity index (χ2n) is 11.9. The molecule has 0 N–H and O–H groups in total. The SMILES string of the molecule is CCC1=NC(C(=O)N2CCOC3(CCN(Cc4cccc(CCOCCC(=O)OC(C)(C)C)c4Cl)CC3)C2)CS1. The second-order valence-corrected chi connectivity index (χ2v) is 13.3. The summed E-state index contributed by atoms with van der Waals surface area (Å²) in [6, 6.07) is 5.93. The molecule has 0 aromatic heterocycles. The highest BCUT2D eigenvalue weighted by Gasteiger charge is 2.42. The number of ether oxygens (including phenoxy) is 3. The lowest BCUT2D eigenvalue weighted by Crippen LogP contribution is -2.59. The number of likely N-dealkylation sites (tertiary alicyclic amines) is 1. The summed E-state index contributed by atoms with van der Waals surface area (Å²) in [5, 5.41) is 1.87. The molecule has 0 saturated carbocycles. The van der Waals surface area contributed by atoms with Crippen LogP contribution in [0.1, 0.15) is 64.5 Å². The van der Waals surface area contributed by atoms with E-state index in [4.69, 9.17) is 25.8 Å². The van der Waals surface area contributed by atoms with Crippen molar-refractivity contribution in [1.29, 1.82) is 0 Å². The number of esters is 1. The van der Waals surface area contributed by atoms with Crippen molar-refractivity contribution < 1.29 is 23.8 Å². The fraction of sp³-hybridized carbons (Fsp3) is 0.700. The first-order chi connectivity index (χ1) is 19.1. The van der Waals surface area contributed by atoms with E-state index in [2.05, 4.69) is 22.9 Å². The Morgan fingerprint density at radius 2 is 1.93 bits per heavy atom. The van der Waals surface area contributed by atoms with Gasteiger partial charge in [-0.2, -0.15) is 0 Å². The van der Waals surface area contributed by atoms with Gasteiger partial charge in [0.2, 0.25) is 5.91 Å². The highest BCUT2D eigenvalue weighted by atomic mass is 35.5. The van der Waals surface area contributed by atoms with Gasteiger partial charge < -0.3 is 19.1 Å². The van der Waals surface area contributed by atoms with Crippen LogP contribution in [-0.2, 0) is 36.8 Å². The Hall–Kier alpha value is -1.65. The van der Waals surface area contributed by atoms with Gasteiger partial charge in [0.25, 0.3) is 0 Å². The van der Waals surface area contributed by atoms with Crippen LogP contribution in [0.5, 0.6) is 0 Å². The molecular formula is C30H44ClN3O5S. The molecule has 1 spiro atoms. The number of amides is 1. The van der Waals surface area contributed by atoms with E-state index >= 15 is 0 Å². The maximum Gasteiger partial charge on any atom is 0.308 e. The van der Waals surface area contributed by atoms with E-state index in [0.29, 0.717) is 39.3 Å². The lowest BCUT2D eigenvalue weighted by Gasteiger charge is -2.47. The third-order valence-electron chi connectivity index (χ3n) is 7.56. The van der Waals surface area contributed by atoms with Crippen LogP contribution >= 0.6 is 23.4 Å². The first-order valence-corrected chi connectivity index (χ1v) is 15.8. The Kier molecular flexibility index (Phi) is 11.0. The van der Waals surface area contributed by atoms with Crippen LogP contribution in [0.4, 0.5) is 0 Å². The number of hydrogen-bond acceptors (Lipinski definition) is 8. The molecule has 40 heavy (non-hydrogen) atoms. The van der Waals surface area contributed by atoms with Crippen LogP contribution in [0.3, 0.4) is 0 Å². The summed E-state index contributed by atoms with van der Waals surface area (Å²) in [7, 11) is 0. The lowest BCUT2D eigenvalue weighted by molar-refractivity contribution is -0.160. The molecule has 2 fully saturated rings. The van der Waals surface area contributed by atoms with Crippen LogP contribution < -0.4 is 0 Å². The van der Waals surface area contributed by atoms with E-state index < -0.39 is 5.60 Å². The number of carbonyl (C=O) groups is 2. The smallest absolute Gasteiger partial charge is 0.308 e. The molecule has 0 aliphatic carbocycles. The van der Waals surface area contributed by atoms with Crippen molar-refractivity contribution in [1.82, 2.24) is 9.80 Å². The van der Waals surface area contributed by atoms with Crippen molar-refractivity contribution in [2.24, 2.45) is 4.99 Å². The number of aliphatic imine (C=N–C) groups is 1. The molecule has 1 aromatic rings. The van der Waals surface area contributed by atoms with Crippen LogP contribution in [0.25, 0.3) is 0 Å². The minimum atomic E-state index is -0.481. The summed E-state index contributed by atoms with van der Waals surface area (Å²) < 4.78 is 17.3. The number of halogens is 1. The molecule has 4 rings (SSSR count). The number of nitrogens with zero attached hydrogens (tertiary/aromatic N) is 3. The van der Waals surface area contributed by atoms with E-state index in [1.165, 1.54) is 0 Å². The maximum atomic E-state index is 13.1. The Morgan fingerprint density at radius 3 is 2.62 bits per heavy atom. The summed E-state index contributed by atoms with van der Waals surface area (Å²) >= 11 is 8.52. The van der Waals surface area contributed by atoms with Crippen LogP contribution in [0.2, 0.25) is 5.02 Å². The number of carbonyl (C=O) groups excluding carboxylic acids is 2. The molecule has 3 heterocycles. The Morgan fingerprint density at radius 1 is 1.18 bits per heavy atom. The molecule has 1 aromatic carbocycles.